The lowest BCUT2D eigenvalue weighted by Gasteiger charge is -2.16. The number of rotatable bonds is 7. The standard InChI is InChI=1S/C19H24N4OS2/c1-5-22-18(15-6-8-16(24-4)9-7-15)20-23(19(22)25)13-21(3)12-17-14(2)10-11-26-17/h6-11H,5,12-13H2,1-4H3. The molecule has 0 radical (unpaired) electrons. The molecular weight excluding hydrogens is 364 g/mol. The summed E-state index contributed by atoms with van der Waals surface area (Å²) in [6.45, 7) is 6.58. The highest BCUT2D eigenvalue weighted by atomic mass is 32.1. The first-order valence-corrected chi connectivity index (χ1v) is 9.85. The van der Waals surface area contributed by atoms with Crippen LogP contribution in [0.2, 0.25) is 0 Å². The number of hydrogen-bond acceptors (Lipinski definition) is 5. The van der Waals surface area contributed by atoms with Gasteiger partial charge in [0.25, 0.3) is 0 Å². The summed E-state index contributed by atoms with van der Waals surface area (Å²) in [7, 11) is 3.77. The summed E-state index contributed by atoms with van der Waals surface area (Å²) in [5.74, 6) is 1.72. The summed E-state index contributed by atoms with van der Waals surface area (Å²) in [5.41, 5.74) is 2.37. The summed E-state index contributed by atoms with van der Waals surface area (Å²) in [6.07, 6.45) is 0. The van der Waals surface area contributed by atoms with Crippen molar-refractivity contribution in [2.24, 2.45) is 0 Å². The molecule has 0 bridgehead atoms. The van der Waals surface area contributed by atoms with E-state index < -0.39 is 0 Å². The summed E-state index contributed by atoms with van der Waals surface area (Å²) < 4.78 is 9.96. The number of aryl methyl sites for hydroxylation is 1. The molecule has 2 aromatic heterocycles. The van der Waals surface area contributed by atoms with Crippen molar-refractivity contribution in [3.05, 3.63) is 50.9 Å². The van der Waals surface area contributed by atoms with Crippen molar-refractivity contribution in [3.8, 4) is 17.1 Å². The Morgan fingerprint density at radius 3 is 2.54 bits per heavy atom. The fourth-order valence-electron chi connectivity index (χ4n) is 2.86. The lowest BCUT2D eigenvalue weighted by Crippen LogP contribution is -2.22. The summed E-state index contributed by atoms with van der Waals surface area (Å²) in [4.78, 5) is 3.61. The maximum absolute atomic E-state index is 5.67. The number of nitrogens with zero attached hydrogens (tertiary/aromatic N) is 4. The Labute approximate surface area is 163 Å². The van der Waals surface area contributed by atoms with Crippen molar-refractivity contribution in [3.63, 3.8) is 0 Å². The predicted molar refractivity (Wildman–Crippen MR) is 109 cm³/mol. The number of methoxy groups -OCH3 is 1. The first-order valence-electron chi connectivity index (χ1n) is 8.57. The van der Waals surface area contributed by atoms with Crippen LogP contribution in [-0.2, 0) is 19.8 Å². The SMILES string of the molecule is CCn1c(-c2ccc(OC)cc2)nn(CN(C)Cc2sccc2C)c1=S. The van der Waals surface area contributed by atoms with Crippen molar-refractivity contribution in [1.29, 1.82) is 0 Å². The molecule has 0 amide bonds. The molecule has 3 aromatic rings. The second-order valence-electron chi connectivity index (χ2n) is 6.26. The highest BCUT2D eigenvalue weighted by Crippen LogP contribution is 2.22. The first kappa shape index (κ1) is 18.8. The van der Waals surface area contributed by atoms with E-state index in [4.69, 9.17) is 22.1 Å². The van der Waals surface area contributed by atoms with E-state index in [0.29, 0.717) is 6.67 Å². The molecule has 0 fully saturated rings. The Kier molecular flexibility index (Phi) is 5.90. The third kappa shape index (κ3) is 3.90. The molecule has 0 atom stereocenters. The molecule has 2 heterocycles. The van der Waals surface area contributed by atoms with Crippen LogP contribution >= 0.6 is 23.6 Å². The van der Waals surface area contributed by atoms with Gasteiger partial charge in [0.1, 0.15) is 5.75 Å². The van der Waals surface area contributed by atoms with E-state index in [0.717, 1.165) is 35.0 Å². The van der Waals surface area contributed by atoms with Crippen molar-refractivity contribution in [1.82, 2.24) is 19.2 Å². The average Bonchev–Trinajstić information content (AvgIpc) is 3.18. The number of hydrogen-bond donors (Lipinski definition) is 0. The van der Waals surface area contributed by atoms with E-state index >= 15 is 0 Å². The van der Waals surface area contributed by atoms with Gasteiger partial charge in [0.05, 0.1) is 13.8 Å². The molecule has 0 N–H and O–H groups in total. The van der Waals surface area contributed by atoms with E-state index in [2.05, 4.69) is 41.8 Å². The number of benzene rings is 1. The summed E-state index contributed by atoms with van der Waals surface area (Å²) >= 11 is 7.46. The third-order valence-corrected chi connectivity index (χ3v) is 5.78. The second kappa shape index (κ2) is 8.16. The van der Waals surface area contributed by atoms with Gasteiger partial charge >= 0.3 is 0 Å². The lowest BCUT2D eigenvalue weighted by atomic mass is 10.2. The Bertz CT molecular complexity index is 924. The van der Waals surface area contributed by atoms with Crippen LogP contribution in [0.4, 0.5) is 0 Å². The second-order valence-corrected chi connectivity index (χ2v) is 7.63. The minimum Gasteiger partial charge on any atom is -0.497 e. The molecule has 0 aliphatic rings. The zero-order valence-electron chi connectivity index (χ0n) is 15.6. The molecule has 0 spiro atoms. The monoisotopic (exact) mass is 388 g/mol. The van der Waals surface area contributed by atoms with Crippen LogP contribution < -0.4 is 4.74 Å². The zero-order chi connectivity index (χ0) is 18.7. The highest BCUT2D eigenvalue weighted by Gasteiger charge is 2.14. The Hall–Kier alpha value is -1.96. The van der Waals surface area contributed by atoms with Crippen LogP contribution in [-0.4, -0.2) is 33.4 Å². The maximum atomic E-state index is 5.67. The number of aromatic nitrogens is 3. The smallest absolute Gasteiger partial charge is 0.199 e. The summed E-state index contributed by atoms with van der Waals surface area (Å²) in [6, 6.07) is 10.1. The molecule has 0 saturated carbocycles. The minimum absolute atomic E-state index is 0.659. The van der Waals surface area contributed by atoms with Gasteiger partial charge in [0.2, 0.25) is 0 Å². The number of thiophene rings is 1. The van der Waals surface area contributed by atoms with Gasteiger partial charge in [0.15, 0.2) is 10.6 Å². The number of ether oxygens (including phenoxy) is 1. The molecule has 5 nitrogen and oxygen atoms in total. The lowest BCUT2D eigenvalue weighted by molar-refractivity contribution is 0.245. The molecule has 138 valence electrons. The topological polar surface area (TPSA) is 35.2 Å². The van der Waals surface area contributed by atoms with Crippen LogP contribution in [0.25, 0.3) is 11.4 Å². The average molecular weight is 389 g/mol. The first-order chi connectivity index (χ1) is 12.5. The van der Waals surface area contributed by atoms with Crippen LogP contribution in [0.3, 0.4) is 0 Å². The quantitative estimate of drug-likeness (QED) is 0.556. The molecule has 1 aromatic carbocycles. The molecule has 26 heavy (non-hydrogen) atoms. The molecule has 0 unspecified atom stereocenters. The zero-order valence-corrected chi connectivity index (χ0v) is 17.2. The molecule has 0 aliphatic carbocycles. The van der Waals surface area contributed by atoms with E-state index in [1.54, 1.807) is 18.4 Å². The van der Waals surface area contributed by atoms with Gasteiger partial charge in [-0.1, -0.05) is 0 Å². The maximum Gasteiger partial charge on any atom is 0.199 e. The fourth-order valence-corrected chi connectivity index (χ4v) is 4.16. The molecule has 0 aliphatic heterocycles. The van der Waals surface area contributed by atoms with E-state index in [-0.39, 0.29) is 0 Å². The van der Waals surface area contributed by atoms with Crippen LogP contribution in [0.5, 0.6) is 5.75 Å². The molecule has 3 rings (SSSR count). The van der Waals surface area contributed by atoms with Gasteiger partial charge < -0.3 is 9.30 Å². The van der Waals surface area contributed by atoms with Gasteiger partial charge in [-0.15, -0.1) is 11.3 Å². The van der Waals surface area contributed by atoms with Crippen molar-refractivity contribution in [2.45, 2.75) is 33.6 Å². The van der Waals surface area contributed by atoms with E-state index in [1.807, 2.05) is 28.9 Å². The van der Waals surface area contributed by atoms with Gasteiger partial charge in [0, 0.05) is 23.5 Å². The van der Waals surface area contributed by atoms with E-state index in [1.165, 1.54) is 10.4 Å². The fraction of sp³-hybridized carbons (Fsp3) is 0.368. The minimum atomic E-state index is 0.659. The van der Waals surface area contributed by atoms with E-state index in [9.17, 15) is 0 Å². The van der Waals surface area contributed by atoms with Gasteiger partial charge in [-0.2, -0.15) is 5.10 Å². The van der Waals surface area contributed by atoms with Crippen LogP contribution in [0.1, 0.15) is 17.4 Å². The van der Waals surface area contributed by atoms with Gasteiger partial charge in [-0.05, 0) is 74.4 Å². The highest BCUT2D eigenvalue weighted by molar-refractivity contribution is 7.71. The van der Waals surface area contributed by atoms with Crippen molar-refractivity contribution >= 4 is 23.6 Å². The largest absolute Gasteiger partial charge is 0.497 e. The van der Waals surface area contributed by atoms with Crippen LogP contribution in [0.15, 0.2) is 35.7 Å². The molecule has 7 heteroatoms. The Morgan fingerprint density at radius 2 is 1.96 bits per heavy atom. The van der Waals surface area contributed by atoms with Crippen molar-refractivity contribution in [2.75, 3.05) is 14.2 Å². The van der Waals surface area contributed by atoms with Crippen LogP contribution in [0, 0.1) is 11.7 Å². The third-order valence-electron chi connectivity index (χ3n) is 4.34. The Balaban J connectivity index is 1.85. The molecule has 0 saturated heterocycles. The predicted octanol–water partition coefficient (Wildman–Crippen LogP) is 4.57. The van der Waals surface area contributed by atoms with Gasteiger partial charge in [-0.25, -0.2) is 4.68 Å². The summed E-state index contributed by atoms with van der Waals surface area (Å²) in [5, 5.41) is 6.93. The van der Waals surface area contributed by atoms with Crippen molar-refractivity contribution < 1.29 is 4.74 Å². The Morgan fingerprint density at radius 1 is 1.23 bits per heavy atom. The normalized spacial score (nSPS) is 11.3. The van der Waals surface area contributed by atoms with Gasteiger partial charge in [-0.3, -0.25) is 4.90 Å². The molecular formula is C19H24N4OS2.